The first-order valence-electron chi connectivity index (χ1n) is 8.66. The predicted octanol–water partition coefficient (Wildman–Crippen LogP) is 5.93. The second-order valence-corrected chi connectivity index (χ2v) is 8.22. The molecular weight excluding hydrogens is 324 g/mol. The fourth-order valence-electron chi connectivity index (χ4n) is 3.39. The second kappa shape index (κ2) is 7.85. The molecule has 0 aliphatic heterocycles. The summed E-state index contributed by atoms with van der Waals surface area (Å²) >= 11 is 11.6. The van der Waals surface area contributed by atoms with E-state index in [-0.39, 0.29) is 0 Å². The first kappa shape index (κ1) is 18.5. The van der Waals surface area contributed by atoms with Gasteiger partial charge in [0.05, 0.1) is 0 Å². The summed E-state index contributed by atoms with van der Waals surface area (Å²) in [6.45, 7) is 9.11. The van der Waals surface area contributed by atoms with Crippen LogP contribution in [0, 0.1) is 18.3 Å². The van der Waals surface area contributed by atoms with Gasteiger partial charge in [0.25, 0.3) is 0 Å². The molecule has 0 aromatic heterocycles. The number of benzene rings is 1. The summed E-state index contributed by atoms with van der Waals surface area (Å²) in [5.74, 6) is 0.835. The van der Waals surface area contributed by atoms with Gasteiger partial charge in [0.2, 0.25) is 0 Å². The molecule has 0 saturated heterocycles. The SMILES string of the molecule is CCC(C)(C)C1CCC(NC(=S)Nc2cccc(Cl)c2C)CC1. The monoisotopic (exact) mass is 352 g/mol. The van der Waals surface area contributed by atoms with Gasteiger partial charge in [-0.3, -0.25) is 0 Å². The highest BCUT2D eigenvalue weighted by atomic mass is 35.5. The molecule has 2 nitrogen and oxygen atoms in total. The molecule has 0 heterocycles. The van der Waals surface area contributed by atoms with Crippen molar-refractivity contribution in [1.82, 2.24) is 5.32 Å². The number of anilines is 1. The van der Waals surface area contributed by atoms with Crippen molar-refractivity contribution in [2.45, 2.75) is 65.8 Å². The number of thiocarbonyl (C=S) groups is 1. The van der Waals surface area contributed by atoms with E-state index in [0.717, 1.165) is 22.2 Å². The molecule has 2 N–H and O–H groups in total. The highest BCUT2D eigenvalue weighted by Gasteiger charge is 2.31. The van der Waals surface area contributed by atoms with Gasteiger partial charge in [-0.05, 0) is 73.9 Å². The topological polar surface area (TPSA) is 24.1 Å². The number of rotatable bonds is 4. The highest BCUT2D eigenvalue weighted by Crippen LogP contribution is 2.40. The minimum atomic E-state index is 0.460. The lowest BCUT2D eigenvalue weighted by Gasteiger charge is -2.39. The van der Waals surface area contributed by atoms with Gasteiger partial charge in [0.1, 0.15) is 0 Å². The average Bonchev–Trinajstić information content (AvgIpc) is 2.52. The lowest BCUT2D eigenvalue weighted by Crippen LogP contribution is -2.41. The fraction of sp³-hybridized carbons (Fsp3) is 0.632. The summed E-state index contributed by atoms with van der Waals surface area (Å²) in [6.07, 6.45) is 6.23. The Morgan fingerprint density at radius 1 is 1.26 bits per heavy atom. The quantitative estimate of drug-likeness (QED) is 0.656. The molecule has 0 amide bonds. The molecule has 0 atom stereocenters. The molecule has 2 rings (SSSR count). The summed E-state index contributed by atoms with van der Waals surface area (Å²) in [4.78, 5) is 0. The van der Waals surface area contributed by atoms with Gasteiger partial charge < -0.3 is 10.6 Å². The number of nitrogens with one attached hydrogen (secondary N) is 2. The zero-order valence-electron chi connectivity index (χ0n) is 14.7. The van der Waals surface area contributed by atoms with Crippen LogP contribution in [0.3, 0.4) is 0 Å². The van der Waals surface area contributed by atoms with Gasteiger partial charge in [-0.1, -0.05) is 44.9 Å². The van der Waals surface area contributed by atoms with E-state index in [1.165, 1.54) is 32.1 Å². The Morgan fingerprint density at radius 3 is 2.52 bits per heavy atom. The van der Waals surface area contributed by atoms with Gasteiger partial charge in [-0.2, -0.15) is 0 Å². The zero-order chi connectivity index (χ0) is 17.0. The Hall–Kier alpha value is -0.800. The number of hydrogen-bond donors (Lipinski definition) is 2. The Kier molecular flexibility index (Phi) is 6.33. The summed E-state index contributed by atoms with van der Waals surface area (Å²) < 4.78 is 0. The standard InChI is InChI=1S/C19H29ClN2S/c1-5-19(3,4)14-9-11-15(12-10-14)21-18(23)22-17-8-6-7-16(20)13(17)2/h6-8,14-15H,5,9-12H2,1-4H3,(H2,21,22,23). The van der Waals surface area contributed by atoms with Crippen LogP contribution < -0.4 is 10.6 Å². The molecule has 0 unspecified atom stereocenters. The smallest absolute Gasteiger partial charge is 0.171 e. The van der Waals surface area contributed by atoms with Crippen molar-refractivity contribution in [1.29, 1.82) is 0 Å². The molecule has 1 fully saturated rings. The Morgan fingerprint density at radius 2 is 1.91 bits per heavy atom. The molecule has 1 saturated carbocycles. The van der Waals surface area contributed by atoms with Crippen LogP contribution in [0.2, 0.25) is 5.02 Å². The molecule has 0 spiro atoms. The molecular formula is C19H29ClN2S. The first-order chi connectivity index (χ1) is 10.8. The summed E-state index contributed by atoms with van der Waals surface area (Å²) in [5, 5.41) is 8.23. The van der Waals surface area contributed by atoms with Gasteiger partial charge in [-0.25, -0.2) is 0 Å². The predicted molar refractivity (Wildman–Crippen MR) is 105 cm³/mol. The van der Waals surface area contributed by atoms with Crippen LogP contribution in [-0.2, 0) is 0 Å². The molecule has 0 radical (unpaired) electrons. The maximum Gasteiger partial charge on any atom is 0.171 e. The van der Waals surface area contributed by atoms with Crippen molar-refractivity contribution in [2.24, 2.45) is 11.3 Å². The molecule has 0 bridgehead atoms. The van der Waals surface area contributed by atoms with Gasteiger partial charge in [0, 0.05) is 16.8 Å². The Labute approximate surface area is 151 Å². The minimum Gasteiger partial charge on any atom is -0.360 e. The maximum atomic E-state index is 6.16. The van der Waals surface area contributed by atoms with Crippen molar-refractivity contribution in [2.75, 3.05) is 5.32 Å². The van der Waals surface area contributed by atoms with Crippen molar-refractivity contribution >= 4 is 34.6 Å². The molecule has 1 aromatic rings. The second-order valence-electron chi connectivity index (χ2n) is 7.40. The third kappa shape index (κ3) is 4.84. The van der Waals surface area contributed by atoms with E-state index < -0.39 is 0 Å². The van der Waals surface area contributed by atoms with Crippen LogP contribution in [0.25, 0.3) is 0 Å². The fourth-order valence-corrected chi connectivity index (χ4v) is 3.85. The van der Waals surface area contributed by atoms with Crippen molar-refractivity contribution in [3.8, 4) is 0 Å². The van der Waals surface area contributed by atoms with Crippen LogP contribution in [0.5, 0.6) is 0 Å². The van der Waals surface area contributed by atoms with E-state index in [0.29, 0.717) is 16.6 Å². The largest absolute Gasteiger partial charge is 0.360 e. The molecule has 128 valence electrons. The lowest BCUT2D eigenvalue weighted by molar-refractivity contribution is 0.141. The average molecular weight is 353 g/mol. The van der Waals surface area contributed by atoms with E-state index >= 15 is 0 Å². The van der Waals surface area contributed by atoms with Gasteiger partial charge in [-0.15, -0.1) is 0 Å². The van der Waals surface area contributed by atoms with Crippen LogP contribution in [0.4, 0.5) is 5.69 Å². The van der Waals surface area contributed by atoms with Crippen LogP contribution in [0.15, 0.2) is 18.2 Å². The molecule has 1 aliphatic rings. The van der Waals surface area contributed by atoms with E-state index in [1.54, 1.807) is 0 Å². The summed E-state index contributed by atoms with van der Waals surface area (Å²) in [6, 6.07) is 6.34. The first-order valence-corrected chi connectivity index (χ1v) is 9.44. The summed E-state index contributed by atoms with van der Waals surface area (Å²) in [5.41, 5.74) is 2.48. The van der Waals surface area contributed by atoms with Gasteiger partial charge in [0.15, 0.2) is 5.11 Å². The van der Waals surface area contributed by atoms with E-state index in [1.807, 2.05) is 25.1 Å². The van der Waals surface area contributed by atoms with Crippen LogP contribution >= 0.6 is 23.8 Å². The van der Waals surface area contributed by atoms with Crippen molar-refractivity contribution in [3.05, 3.63) is 28.8 Å². The lowest BCUT2D eigenvalue weighted by atomic mass is 9.69. The minimum absolute atomic E-state index is 0.460. The van der Waals surface area contributed by atoms with Crippen LogP contribution in [0.1, 0.15) is 58.4 Å². The van der Waals surface area contributed by atoms with Crippen LogP contribution in [-0.4, -0.2) is 11.2 Å². The number of hydrogen-bond acceptors (Lipinski definition) is 1. The molecule has 4 heteroatoms. The molecule has 1 aromatic carbocycles. The van der Waals surface area contributed by atoms with E-state index in [2.05, 4.69) is 31.4 Å². The highest BCUT2D eigenvalue weighted by molar-refractivity contribution is 7.80. The third-order valence-corrected chi connectivity index (χ3v) is 6.22. The third-order valence-electron chi connectivity index (χ3n) is 5.59. The number of halogens is 1. The van der Waals surface area contributed by atoms with Crippen molar-refractivity contribution in [3.63, 3.8) is 0 Å². The zero-order valence-corrected chi connectivity index (χ0v) is 16.3. The van der Waals surface area contributed by atoms with Crippen molar-refractivity contribution < 1.29 is 0 Å². The summed E-state index contributed by atoms with van der Waals surface area (Å²) in [7, 11) is 0. The normalized spacial score (nSPS) is 21.8. The Bertz CT molecular complexity index is 548. The van der Waals surface area contributed by atoms with E-state index in [4.69, 9.17) is 23.8 Å². The van der Waals surface area contributed by atoms with E-state index in [9.17, 15) is 0 Å². The molecule has 23 heavy (non-hydrogen) atoms. The van der Waals surface area contributed by atoms with Gasteiger partial charge >= 0.3 is 0 Å². The Balaban J connectivity index is 1.84. The maximum absolute atomic E-state index is 6.16. The molecule has 1 aliphatic carbocycles.